The Kier molecular flexibility index (Phi) is 7.30. The van der Waals surface area contributed by atoms with Crippen LogP contribution in [0.15, 0.2) is 29.6 Å². The molecule has 0 unspecified atom stereocenters. The highest BCUT2D eigenvalue weighted by Gasteiger charge is 2.04. The lowest BCUT2D eigenvalue weighted by atomic mass is 10.1. The van der Waals surface area contributed by atoms with Gasteiger partial charge in [-0.15, -0.1) is 10.2 Å². The first-order valence-electron chi connectivity index (χ1n) is 7.45. The van der Waals surface area contributed by atoms with Gasteiger partial charge < -0.3 is 0 Å². The monoisotopic (exact) mass is 309 g/mol. The molecule has 110 valence electrons. The molecule has 0 saturated heterocycles. The summed E-state index contributed by atoms with van der Waals surface area (Å²) in [5.41, 5.74) is 0.930. The van der Waals surface area contributed by atoms with E-state index in [1.165, 1.54) is 44.9 Å². The van der Waals surface area contributed by atoms with Gasteiger partial charge in [-0.3, -0.25) is 4.40 Å². The quantitative estimate of drug-likeness (QED) is 0.399. The number of rotatable bonds is 10. The van der Waals surface area contributed by atoms with Crippen molar-refractivity contribution in [2.24, 2.45) is 0 Å². The van der Waals surface area contributed by atoms with E-state index in [0.29, 0.717) is 0 Å². The third kappa shape index (κ3) is 5.02. The Morgan fingerprint density at radius 1 is 0.950 bits per heavy atom. The Balaban J connectivity index is 1.57. The number of thioether (sulfide) groups is 1. The molecule has 5 heteroatoms. The van der Waals surface area contributed by atoms with Crippen LogP contribution in [-0.2, 0) is 0 Å². The minimum absolute atomic E-state index is 0.930. The van der Waals surface area contributed by atoms with Crippen LogP contribution < -0.4 is 0 Å². The van der Waals surface area contributed by atoms with Crippen molar-refractivity contribution in [3.63, 3.8) is 0 Å². The Bertz CT molecular complexity index is 499. The topological polar surface area (TPSA) is 30.2 Å². The molecule has 0 fully saturated rings. The van der Waals surface area contributed by atoms with E-state index in [-0.39, 0.29) is 0 Å². The second-order valence-corrected chi connectivity index (χ2v) is 6.47. The molecule has 0 bridgehead atoms. The van der Waals surface area contributed by atoms with Crippen molar-refractivity contribution in [1.82, 2.24) is 14.6 Å². The molecule has 0 aromatic carbocycles. The SMILES string of the molecule is SCCCCCCCCCSc1nnc2ccccn12. The van der Waals surface area contributed by atoms with Crippen LogP contribution in [0.3, 0.4) is 0 Å². The maximum absolute atomic E-state index is 4.23. The van der Waals surface area contributed by atoms with Gasteiger partial charge in [0.1, 0.15) is 0 Å². The van der Waals surface area contributed by atoms with Crippen molar-refractivity contribution in [2.45, 2.75) is 50.1 Å². The fraction of sp³-hybridized carbons (Fsp3) is 0.600. The second kappa shape index (κ2) is 9.29. The highest BCUT2D eigenvalue weighted by atomic mass is 32.2. The van der Waals surface area contributed by atoms with Crippen molar-refractivity contribution >= 4 is 30.0 Å². The van der Waals surface area contributed by atoms with Gasteiger partial charge in [-0.2, -0.15) is 12.6 Å². The molecule has 0 spiro atoms. The largest absolute Gasteiger partial charge is 0.277 e. The van der Waals surface area contributed by atoms with E-state index in [4.69, 9.17) is 0 Å². The van der Waals surface area contributed by atoms with E-state index >= 15 is 0 Å². The number of pyridine rings is 1. The molecule has 0 aliphatic carbocycles. The van der Waals surface area contributed by atoms with E-state index in [0.717, 1.165) is 22.3 Å². The van der Waals surface area contributed by atoms with Crippen molar-refractivity contribution in [1.29, 1.82) is 0 Å². The third-order valence-electron chi connectivity index (χ3n) is 3.32. The van der Waals surface area contributed by atoms with Crippen LogP contribution in [0.5, 0.6) is 0 Å². The van der Waals surface area contributed by atoms with Crippen molar-refractivity contribution in [3.8, 4) is 0 Å². The maximum Gasteiger partial charge on any atom is 0.195 e. The lowest BCUT2D eigenvalue weighted by Gasteiger charge is -2.01. The molecule has 20 heavy (non-hydrogen) atoms. The fourth-order valence-electron chi connectivity index (χ4n) is 2.18. The number of unbranched alkanes of at least 4 members (excludes halogenated alkanes) is 6. The molecule has 0 aliphatic heterocycles. The molecule has 2 heterocycles. The first kappa shape index (κ1) is 15.7. The van der Waals surface area contributed by atoms with Crippen LogP contribution in [0.4, 0.5) is 0 Å². The van der Waals surface area contributed by atoms with Crippen LogP contribution in [-0.4, -0.2) is 26.1 Å². The molecule has 0 aliphatic rings. The molecular weight excluding hydrogens is 286 g/mol. The molecule has 0 saturated carbocycles. The Morgan fingerprint density at radius 2 is 1.70 bits per heavy atom. The van der Waals surface area contributed by atoms with Gasteiger partial charge in [0, 0.05) is 11.9 Å². The molecular formula is C15H23N3S2. The average Bonchev–Trinajstić information content (AvgIpc) is 2.89. The summed E-state index contributed by atoms with van der Waals surface area (Å²) in [7, 11) is 0. The second-order valence-electron chi connectivity index (χ2n) is 4.96. The van der Waals surface area contributed by atoms with Crippen LogP contribution in [0.2, 0.25) is 0 Å². The molecule has 0 N–H and O–H groups in total. The summed E-state index contributed by atoms with van der Waals surface area (Å²) in [5, 5.41) is 9.40. The fourth-order valence-corrected chi connectivity index (χ4v) is 3.33. The van der Waals surface area contributed by atoms with E-state index in [9.17, 15) is 0 Å². The molecule has 3 nitrogen and oxygen atoms in total. The smallest absolute Gasteiger partial charge is 0.195 e. The van der Waals surface area contributed by atoms with Gasteiger partial charge in [0.2, 0.25) is 0 Å². The van der Waals surface area contributed by atoms with Gasteiger partial charge in [-0.25, -0.2) is 0 Å². The predicted octanol–water partition coefficient (Wildman–Crippen LogP) is 4.48. The summed E-state index contributed by atoms with van der Waals surface area (Å²) >= 11 is 6.04. The highest BCUT2D eigenvalue weighted by Crippen LogP contribution is 2.19. The number of nitrogens with zero attached hydrogens (tertiary/aromatic N) is 3. The van der Waals surface area contributed by atoms with E-state index in [2.05, 4.69) is 27.2 Å². The third-order valence-corrected chi connectivity index (χ3v) is 4.66. The van der Waals surface area contributed by atoms with Crippen LogP contribution in [0.25, 0.3) is 5.65 Å². The number of thiol groups is 1. The lowest BCUT2D eigenvalue weighted by Crippen LogP contribution is -1.88. The van der Waals surface area contributed by atoms with E-state index in [1.54, 1.807) is 0 Å². The van der Waals surface area contributed by atoms with Crippen LogP contribution in [0, 0.1) is 0 Å². The summed E-state index contributed by atoms with van der Waals surface area (Å²) in [4.78, 5) is 0. The zero-order valence-corrected chi connectivity index (χ0v) is 13.6. The molecule has 0 atom stereocenters. The molecule has 2 aromatic heterocycles. The summed E-state index contributed by atoms with van der Waals surface area (Å²) in [6, 6.07) is 6.00. The standard InChI is InChI=1S/C15H23N3S2/c19-12-8-4-2-1-3-5-9-13-20-15-17-16-14-10-6-7-11-18(14)15/h6-7,10-11,19H,1-5,8-9,12-13H2. The number of aromatic nitrogens is 3. The van der Waals surface area contributed by atoms with Gasteiger partial charge >= 0.3 is 0 Å². The lowest BCUT2D eigenvalue weighted by molar-refractivity contribution is 0.605. The normalized spacial score (nSPS) is 11.2. The maximum atomic E-state index is 4.23. The summed E-state index contributed by atoms with van der Waals surface area (Å²) in [6.45, 7) is 0. The minimum Gasteiger partial charge on any atom is -0.277 e. The number of hydrogen-bond acceptors (Lipinski definition) is 4. The van der Waals surface area contributed by atoms with Gasteiger partial charge in [-0.05, 0) is 30.7 Å². The molecule has 2 rings (SSSR count). The van der Waals surface area contributed by atoms with Crippen LogP contribution in [0.1, 0.15) is 44.9 Å². The van der Waals surface area contributed by atoms with Gasteiger partial charge in [0.25, 0.3) is 0 Å². The first-order valence-corrected chi connectivity index (χ1v) is 9.07. The Labute approximate surface area is 131 Å². The Hall–Kier alpha value is -0.680. The summed E-state index contributed by atoms with van der Waals surface area (Å²) < 4.78 is 2.06. The van der Waals surface area contributed by atoms with Gasteiger partial charge in [0.15, 0.2) is 10.8 Å². The Morgan fingerprint density at radius 3 is 2.50 bits per heavy atom. The summed E-state index contributed by atoms with van der Waals surface area (Å²) in [5.74, 6) is 2.16. The van der Waals surface area contributed by atoms with Crippen molar-refractivity contribution < 1.29 is 0 Å². The first-order chi connectivity index (χ1) is 9.92. The van der Waals surface area contributed by atoms with Gasteiger partial charge in [0.05, 0.1) is 0 Å². The molecule has 0 radical (unpaired) electrons. The highest BCUT2D eigenvalue weighted by molar-refractivity contribution is 7.99. The molecule has 2 aromatic rings. The number of fused-ring (bicyclic) bond motifs is 1. The zero-order valence-electron chi connectivity index (χ0n) is 11.9. The molecule has 0 amide bonds. The predicted molar refractivity (Wildman–Crippen MR) is 89.9 cm³/mol. The van der Waals surface area contributed by atoms with Gasteiger partial charge in [-0.1, -0.05) is 49.9 Å². The van der Waals surface area contributed by atoms with Crippen molar-refractivity contribution in [2.75, 3.05) is 11.5 Å². The van der Waals surface area contributed by atoms with Crippen molar-refractivity contribution in [3.05, 3.63) is 24.4 Å². The summed E-state index contributed by atoms with van der Waals surface area (Å²) in [6.07, 6.45) is 11.3. The van der Waals surface area contributed by atoms with Crippen LogP contribution >= 0.6 is 24.4 Å². The zero-order chi connectivity index (χ0) is 14.0. The minimum atomic E-state index is 0.930. The number of hydrogen-bond donors (Lipinski definition) is 1. The average molecular weight is 310 g/mol. The van der Waals surface area contributed by atoms with E-state index < -0.39 is 0 Å². The van der Waals surface area contributed by atoms with E-state index in [1.807, 2.05) is 36.2 Å².